The molecule has 3 aromatic carbocycles. The number of carbonyl (C=O) groups excluding carboxylic acids is 1. The number of hydrogen-bond donors (Lipinski definition) is 1. The van der Waals surface area contributed by atoms with Crippen molar-refractivity contribution < 1.29 is 19.4 Å². The SMILES string of the molecule is Cc1cc(N2CC(C)n3c(c(CCCOc4cc(C)c(Cl)c(C)c4)c4ccc(Cl)c(-c5c(C)nn(C)c5C)c43)C2=O)c2c(c1)cc(C(=O)O)n2Cc1cccc(N2CCN(C)CC2)n1. The lowest BCUT2D eigenvalue weighted by atomic mass is 9.98. The molecule has 64 heavy (non-hydrogen) atoms. The van der Waals surface area contributed by atoms with Gasteiger partial charge in [-0.3, -0.25) is 9.48 Å². The van der Waals surface area contributed by atoms with Crippen LogP contribution < -0.4 is 14.5 Å². The number of aromatic nitrogens is 5. The van der Waals surface area contributed by atoms with Gasteiger partial charge >= 0.3 is 5.97 Å². The monoisotopic (exact) mass is 900 g/mol. The summed E-state index contributed by atoms with van der Waals surface area (Å²) in [6.07, 6.45) is 1.19. The van der Waals surface area contributed by atoms with Crippen molar-refractivity contribution in [1.82, 2.24) is 28.8 Å². The minimum atomic E-state index is -1.05. The highest BCUT2D eigenvalue weighted by atomic mass is 35.5. The molecule has 0 bridgehead atoms. The van der Waals surface area contributed by atoms with E-state index < -0.39 is 5.97 Å². The van der Waals surface area contributed by atoms with Crippen LogP contribution >= 0.6 is 23.2 Å². The molecule has 6 heterocycles. The highest BCUT2D eigenvalue weighted by Crippen LogP contribution is 2.46. The summed E-state index contributed by atoms with van der Waals surface area (Å²) in [6.45, 7) is 16.7. The predicted octanol–water partition coefficient (Wildman–Crippen LogP) is 9.97. The topological polar surface area (TPSA) is 114 Å². The average molecular weight is 902 g/mol. The van der Waals surface area contributed by atoms with Gasteiger partial charge in [-0.25, -0.2) is 9.78 Å². The summed E-state index contributed by atoms with van der Waals surface area (Å²) < 4.78 is 12.2. The van der Waals surface area contributed by atoms with Gasteiger partial charge in [0, 0.05) is 78.4 Å². The van der Waals surface area contributed by atoms with Crippen molar-refractivity contribution in [2.45, 2.75) is 67.0 Å². The number of halogens is 2. The van der Waals surface area contributed by atoms with Crippen LogP contribution in [0.25, 0.3) is 32.9 Å². The number of pyridine rings is 1. The number of piperazine rings is 1. The van der Waals surface area contributed by atoms with Crippen LogP contribution in [0.5, 0.6) is 5.75 Å². The summed E-state index contributed by atoms with van der Waals surface area (Å²) in [6, 6.07) is 19.3. The lowest BCUT2D eigenvalue weighted by molar-refractivity contribution is 0.0686. The maximum atomic E-state index is 15.7. The number of anilines is 2. The Balaban J connectivity index is 1.17. The Bertz CT molecular complexity index is 2990. The summed E-state index contributed by atoms with van der Waals surface area (Å²) in [7, 11) is 4.05. The molecule has 12 nitrogen and oxygen atoms in total. The van der Waals surface area contributed by atoms with E-state index in [-0.39, 0.29) is 24.2 Å². The van der Waals surface area contributed by atoms with Crippen molar-refractivity contribution in [2.75, 3.05) is 56.2 Å². The van der Waals surface area contributed by atoms with Gasteiger partial charge < -0.3 is 33.7 Å². The highest BCUT2D eigenvalue weighted by Gasteiger charge is 2.38. The van der Waals surface area contributed by atoms with Gasteiger partial charge in [-0.1, -0.05) is 35.3 Å². The molecule has 1 amide bonds. The zero-order valence-electron chi connectivity index (χ0n) is 37.7. The number of ether oxygens (including phenoxy) is 1. The van der Waals surface area contributed by atoms with Crippen LogP contribution in [0.1, 0.15) is 79.7 Å². The second kappa shape index (κ2) is 17.0. The average Bonchev–Trinajstić information content (AvgIpc) is 3.87. The Labute approximate surface area is 383 Å². The van der Waals surface area contributed by atoms with Crippen molar-refractivity contribution >= 4 is 68.4 Å². The number of carboxylic acid groups (broad SMARTS) is 1. The van der Waals surface area contributed by atoms with Gasteiger partial charge in [0.1, 0.15) is 23.0 Å². The van der Waals surface area contributed by atoms with Crippen LogP contribution in [-0.4, -0.2) is 92.2 Å². The number of carboxylic acids is 1. The van der Waals surface area contributed by atoms with Crippen LogP contribution in [0.15, 0.2) is 60.7 Å². The molecule has 332 valence electrons. The van der Waals surface area contributed by atoms with Crippen molar-refractivity contribution in [3.05, 3.63) is 121 Å². The number of rotatable bonds is 11. The van der Waals surface area contributed by atoms with Gasteiger partial charge in [-0.05, 0) is 132 Å². The number of benzene rings is 3. The number of likely N-dealkylation sites (N-methyl/N-ethyl adjacent to an activating group) is 1. The smallest absolute Gasteiger partial charge is 0.352 e. The molecule has 2 aliphatic rings. The first-order chi connectivity index (χ1) is 30.6. The Kier molecular flexibility index (Phi) is 11.5. The van der Waals surface area contributed by atoms with Crippen molar-refractivity contribution in [2.24, 2.45) is 7.05 Å². The molecule has 1 unspecified atom stereocenters. The molecule has 1 atom stereocenters. The molecule has 7 aromatic rings. The maximum absolute atomic E-state index is 15.7. The van der Waals surface area contributed by atoms with Gasteiger partial charge in [-0.2, -0.15) is 5.10 Å². The molecule has 0 aliphatic carbocycles. The normalized spacial score (nSPS) is 15.8. The van der Waals surface area contributed by atoms with Crippen LogP contribution in [0.4, 0.5) is 11.5 Å². The van der Waals surface area contributed by atoms with Gasteiger partial charge in [0.05, 0.1) is 46.3 Å². The molecule has 0 spiro atoms. The van der Waals surface area contributed by atoms with E-state index in [0.29, 0.717) is 47.9 Å². The molecule has 1 saturated heterocycles. The van der Waals surface area contributed by atoms with Crippen LogP contribution in [0.2, 0.25) is 10.0 Å². The van der Waals surface area contributed by atoms with E-state index in [0.717, 1.165) is 110 Å². The fraction of sp³-hybridized carbons (Fsp3) is 0.360. The summed E-state index contributed by atoms with van der Waals surface area (Å²) in [5.74, 6) is 0.411. The zero-order chi connectivity index (χ0) is 45.3. The molecule has 1 fully saturated rings. The van der Waals surface area contributed by atoms with Crippen molar-refractivity contribution in [3.63, 3.8) is 0 Å². The van der Waals surface area contributed by atoms with Gasteiger partial charge in [-0.15, -0.1) is 0 Å². The van der Waals surface area contributed by atoms with Crippen LogP contribution in [0.3, 0.4) is 0 Å². The minimum Gasteiger partial charge on any atom is -0.494 e. The Hall–Kier alpha value is -5.82. The molecular weight excluding hydrogens is 848 g/mol. The number of fused-ring (bicyclic) bond motifs is 4. The van der Waals surface area contributed by atoms with E-state index >= 15 is 4.79 Å². The molecule has 0 radical (unpaired) electrons. The van der Waals surface area contributed by atoms with E-state index in [9.17, 15) is 9.90 Å². The summed E-state index contributed by atoms with van der Waals surface area (Å²) in [5, 5.41) is 18.4. The number of carbonyl (C=O) groups is 2. The quantitative estimate of drug-likeness (QED) is 0.128. The highest BCUT2D eigenvalue weighted by molar-refractivity contribution is 6.35. The lowest BCUT2D eigenvalue weighted by Gasteiger charge is -2.35. The van der Waals surface area contributed by atoms with Crippen LogP contribution in [0, 0.1) is 34.6 Å². The third kappa shape index (κ3) is 7.58. The zero-order valence-corrected chi connectivity index (χ0v) is 39.2. The first-order valence-corrected chi connectivity index (χ1v) is 22.7. The van der Waals surface area contributed by atoms with E-state index in [4.69, 9.17) is 38.0 Å². The maximum Gasteiger partial charge on any atom is 0.352 e. The van der Waals surface area contributed by atoms with Crippen molar-refractivity contribution in [3.8, 4) is 16.9 Å². The second-order valence-corrected chi connectivity index (χ2v) is 18.5. The van der Waals surface area contributed by atoms with Gasteiger partial charge in [0.25, 0.3) is 5.91 Å². The van der Waals surface area contributed by atoms with Crippen molar-refractivity contribution in [1.29, 1.82) is 0 Å². The first-order valence-electron chi connectivity index (χ1n) is 21.9. The molecule has 1 N–H and O–H groups in total. The number of amides is 1. The predicted molar refractivity (Wildman–Crippen MR) is 256 cm³/mol. The molecule has 2 aliphatic heterocycles. The summed E-state index contributed by atoms with van der Waals surface area (Å²) in [4.78, 5) is 40.2. The second-order valence-electron chi connectivity index (χ2n) is 17.7. The van der Waals surface area contributed by atoms with Gasteiger partial charge in [0.2, 0.25) is 0 Å². The standard InChI is InChI=1S/C50H54Cl2N8O4/c1-28-21-34-25-41(50(62)63)58(27-35-11-9-13-42(53-35)57-18-16-55(7)17-19-57)46(34)40(22-28)59-26-31(4)60-47-38(14-15-39(51)44(47)43-32(5)54-56(8)33(43)6)37(48(60)49(59)61)12-10-20-64-36-23-29(2)45(52)30(3)24-36/h9,11,13-15,21-25,31H,10,12,16-20,26-27H2,1-8H3,(H,62,63). The van der Waals surface area contributed by atoms with E-state index in [1.54, 1.807) is 6.07 Å². The summed E-state index contributed by atoms with van der Waals surface area (Å²) in [5.41, 5.74) is 11.1. The Morgan fingerprint density at radius 3 is 2.33 bits per heavy atom. The molecule has 4 aromatic heterocycles. The molecular formula is C50H54Cl2N8O4. The number of hydrogen-bond acceptors (Lipinski definition) is 7. The fourth-order valence-electron chi connectivity index (χ4n) is 9.95. The fourth-order valence-corrected chi connectivity index (χ4v) is 10.3. The molecule has 0 saturated carbocycles. The lowest BCUT2D eigenvalue weighted by Crippen LogP contribution is -2.44. The molecule has 9 rings (SSSR count). The van der Waals surface area contributed by atoms with E-state index in [2.05, 4.69) is 28.3 Å². The Morgan fingerprint density at radius 1 is 0.906 bits per heavy atom. The third-order valence-electron chi connectivity index (χ3n) is 13.1. The largest absolute Gasteiger partial charge is 0.494 e. The summed E-state index contributed by atoms with van der Waals surface area (Å²) >= 11 is 13.7. The number of nitrogens with zero attached hydrogens (tertiary/aromatic N) is 8. The van der Waals surface area contributed by atoms with E-state index in [1.807, 2.05) is 110 Å². The molecule has 14 heteroatoms. The number of aryl methyl sites for hydroxylation is 6. The number of aromatic carboxylic acids is 1. The van der Waals surface area contributed by atoms with E-state index in [1.165, 1.54) is 0 Å². The third-order valence-corrected chi connectivity index (χ3v) is 14.0. The first kappa shape index (κ1) is 43.4. The Morgan fingerprint density at radius 2 is 1.64 bits per heavy atom. The van der Waals surface area contributed by atoms with Crippen LogP contribution in [-0.2, 0) is 20.0 Å². The van der Waals surface area contributed by atoms with Gasteiger partial charge in [0.15, 0.2) is 0 Å². The minimum absolute atomic E-state index is 0.133.